The Labute approximate surface area is 112 Å². The quantitative estimate of drug-likeness (QED) is 0.851. The number of pyridine rings is 1. The number of benzene rings is 1. The predicted molar refractivity (Wildman–Crippen MR) is 71.9 cm³/mol. The highest BCUT2D eigenvalue weighted by atomic mass is 16.3. The lowest BCUT2D eigenvalue weighted by atomic mass is 10.1. The van der Waals surface area contributed by atoms with Crippen molar-refractivity contribution >= 4 is 0 Å². The fourth-order valence-corrected chi connectivity index (χ4v) is 1.86. The lowest BCUT2D eigenvalue weighted by molar-refractivity contribution is 0.281. The molecule has 0 aliphatic carbocycles. The third-order valence-electron chi connectivity index (χ3n) is 2.82. The fourth-order valence-electron chi connectivity index (χ4n) is 1.86. The molecule has 0 spiro atoms. The minimum absolute atomic E-state index is 0.0506. The van der Waals surface area contributed by atoms with Gasteiger partial charge in [-0.1, -0.05) is 30.3 Å². The molecule has 0 saturated carbocycles. The molecule has 0 aliphatic rings. The molecule has 2 N–H and O–H groups in total. The number of nitrogens with one attached hydrogen (secondary N) is 1. The van der Waals surface area contributed by atoms with Crippen molar-refractivity contribution in [1.29, 1.82) is 5.26 Å². The third-order valence-corrected chi connectivity index (χ3v) is 2.82. The summed E-state index contributed by atoms with van der Waals surface area (Å²) in [5, 5.41) is 21.3. The zero-order valence-electron chi connectivity index (χ0n) is 10.5. The molecule has 4 nitrogen and oxygen atoms in total. The molecule has 0 unspecified atom stereocenters. The van der Waals surface area contributed by atoms with Crippen LogP contribution in [0, 0.1) is 11.3 Å². The normalized spacial score (nSPS) is 10.1. The first-order chi connectivity index (χ1) is 9.33. The topological polar surface area (TPSA) is 68.9 Å². The van der Waals surface area contributed by atoms with Crippen molar-refractivity contribution in [2.24, 2.45) is 0 Å². The minimum Gasteiger partial charge on any atom is -0.392 e. The SMILES string of the molecule is N#Cc1ncccc1CNCc1cccc(CO)c1. The van der Waals surface area contributed by atoms with Gasteiger partial charge >= 0.3 is 0 Å². The van der Waals surface area contributed by atoms with Crippen molar-refractivity contribution in [2.75, 3.05) is 0 Å². The molecule has 96 valence electrons. The van der Waals surface area contributed by atoms with E-state index in [9.17, 15) is 0 Å². The average Bonchev–Trinajstić information content (AvgIpc) is 2.48. The first-order valence-electron chi connectivity index (χ1n) is 6.07. The highest BCUT2D eigenvalue weighted by Crippen LogP contribution is 2.07. The number of aliphatic hydroxyl groups excluding tert-OH is 1. The van der Waals surface area contributed by atoms with Crippen LogP contribution in [0.3, 0.4) is 0 Å². The van der Waals surface area contributed by atoms with Crippen LogP contribution in [0.1, 0.15) is 22.4 Å². The Morgan fingerprint density at radius 2 is 2.00 bits per heavy atom. The van der Waals surface area contributed by atoms with Gasteiger partial charge in [0.1, 0.15) is 11.8 Å². The highest BCUT2D eigenvalue weighted by molar-refractivity contribution is 5.30. The van der Waals surface area contributed by atoms with Gasteiger partial charge < -0.3 is 10.4 Å². The molecule has 0 atom stereocenters. The number of aromatic nitrogens is 1. The molecule has 0 amide bonds. The van der Waals surface area contributed by atoms with Gasteiger partial charge in [-0.15, -0.1) is 0 Å². The van der Waals surface area contributed by atoms with Crippen molar-refractivity contribution in [3.63, 3.8) is 0 Å². The van der Waals surface area contributed by atoms with Crippen molar-refractivity contribution in [3.8, 4) is 6.07 Å². The summed E-state index contributed by atoms with van der Waals surface area (Å²) in [4.78, 5) is 4.02. The fraction of sp³-hybridized carbons (Fsp3) is 0.200. The molecule has 1 heterocycles. The Morgan fingerprint density at radius 3 is 2.79 bits per heavy atom. The average molecular weight is 253 g/mol. The van der Waals surface area contributed by atoms with Gasteiger partial charge in [-0.05, 0) is 17.2 Å². The van der Waals surface area contributed by atoms with Crippen LogP contribution >= 0.6 is 0 Å². The maximum atomic E-state index is 9.07. The molecule has 2 rings (SSSR count). The van der Waals surface area contributed by atoms with Crippen molar-refractivity contribution in [3.05, 3.63) is 65.0 Å². The van der Waals surface area contributed by atoms with E-state index in [0.29, 0.717) is 18.8 Å². The Morgan fingerprint density at radius 1 is 1.16 bits per heavy atom. The van der Waals surface area contributed by atoms with E-state index < -0.39 is 0 Å². The zero-order chi connectivity index (χ0) is 13.5. The van der Waals surface area contributed by atoms with E-state index in [1.165, 1.54) is 0 Å². The number of nitrogens with zero attached hydrogens (tertiary/aromatic N) is 2. The smallest absolute Gasteiger partial charge is 0.144 e. The molecule has 0 radical (unpaired) electrons. The first kappa shape index (κ1) is 13.2. The largest absolute Gasteiger partial charge is 0.392 e. The molecule has 4 heteroatoms. The van der Waals surface area contributed by atoms with Gasteiger partial charge in [0, 0.05) is 24.8 Å². The third kappa shape index (κ3) is 3.62. The summed E-state index contributed by atoms with van der Waals surface area (Å²) >= 11 is 0. The van der Waals surface area contributed by atoms with Crippen LogP contribution in [-0.2, 0) is 19.7 Å². The van der Waals surface area contributed by atoms with E-state index in [-0.39, 0.29) is 6.61 Å². The summed E-state index contributed by atoms with van der Waals surface area (Å²) in [5.41, 5.74) is 3.36. The number of rotatable bonds is 5. The Kier molecular flexibility index (Phi) is 4.62. The van der Waals surface area contributed by atoms with Gasteiger partial charge in [-0.25, -0.2) is 4.98 Å². The van der Waals surface area contributed by atoms with Gasteiger partial charge in [0.15, 0.2) is 0 Å². The Balaban J connectivity index is 1.94. The van der Waals surface area contributed by atoms with E-state index in [1.807, 2.05) is 36.4 Å². The molecule has 0 fully saturated rings. The van der Waals surface area contributed by atoms with Crippen LogP contribution in [0.4, 0.5) is 0 Å². The van der Waals surface area contributed by atoms with Crippen LogP contribution in [-0.4, -0.2) is 10.1 Å². The second-order valence-corrected chi connectivity index (χ2v) is 4.20. The first-order valence-corrected chi connectivity index (χ1v) is 6.07. The van der Waals surface area contributed by atoms with E-state index >= 15 is 0 Å². The molecule has 2 aromatic rings. The van der Waals surface area contributed by atoms with Gasteiger partial charge in [-0.2, -0.15) is 5.26 Å². The number of nitriles is 1. The zero-order valence-corrected chi connectivity index (χ0v) is 10.5. The number of hydrogen-bond acceptors (Lipinski definition) is 4. The van der Waals surface area contributed by atoms with Gasteiger partial charge in [-0.3, -0.25) is 0 Å². The summed E-state index contributed by atoms with van der Waals surface area (Å²) in [6.45, 7) is 1.34. The van der Waals surface area contributed by atoms with Crippen molar-refractivity contribution in [2.45, 2.75) is 19.7 Å². The van der Waals surface area contributed by atoms with Gasteiger partial charge in [0.25, 0.3) is 0 Å². The molecule has 1 aromatic carbocycles. The van der Waals surface area contributed by atoms with Crippen LogP contribution in [0.25, 0.3) is 0 Å². The second kappa shape index (κ2) is 6.64. The molecule has 0 bridgehead atoms. The van der Waals surface area contributed by atoms with E-state index in [4.69, 9.17) is 10.4 Å². The highest BCUT2D eigenvalue weighted by Gasteiger charge is 2.01. The lowest BCUT2D eigenvalue weighted by Crippen LogP contribution is -2.14. The lowest BCUT2D eigenvalue weighted by Gasteiger charge is -2.07. The standard InChI is InChI=1S/C15H15N3O/c16-8-15-14(5-2-6-18-15)10-17-9-12-3-1-4-13(7-12)11-19/h1-7,17,19H,9-11H2. The molecule has 19 heavy (non-hydrogen) atoms. The van der Waals surface area contributed by atoms with E-state index in [1.54, 1.807) is 6.20 Å². The predicted octanol–water partition coefficient (Wildman–Crippen LogP) is 1.74. The number of aliphatic hydroxyl groups is 1. The van der Waals surface area contributed by atoms with Crippen molar-refractivity contribution < 1.29 is 5.11 Å². The van der Waals surface area contributed by atoms with Crippen LogP contribution in [0.15, 0.2) is 42.6 Å². The molecule has 0 saturated heterocycles. The van der Waals surface area contributed by atoms with Gasteiger partial charge in [0.05, 0.1) is 6.61 Å². The molecule has 1 aromatic heterocycles. The Bertz CT molecular complexity index is 590. The van der Waals surface area contributed by atoms with Crippen molar-refractivity contribution in [1.82, 2.24) is 10.3 Å². The summed E-state index contributed by atoms with van der Waals surface area (Å²) in [6, 6.07) is 13.6. The van der Waals surface area contributed by atoms with Crippen LogP contribution in [0.5, 0.6) is 0 Å². The molecular weight excluding hydrogens is 238 g/mol. The van der Waals surface area contributed by atoms with E-state index in [0.717, 1.165) is 16.7 Å². The van der Waals surface area contributed by atoms with Crippen LogP contribution < -0.4 is 5.32 Å². The maximum Gasteiger partial charge on any atom is 0.144 e. The monoisotopic (exact) mass is 253 g/mol. The maximum absolute atomic E-state index is 9.07. The van der Waals surface area contributed by atoms with Gasteiger partial charge in [0.2, 0.25) is 0 Å². The molecular formula is C15H15N3O. The summed E-state index contributed by atoms with van der Waals surface area (Å²) in [5.74, 6) is 0. The number of hydrogen-bond donors (Lipinski definition) is 2. The van der Waals surface area contributed by atoms with Crippen LogP contribution in [0.2, 0.25) is 0 Å². The summed E-state index contributed by atoms with van der Waals surface area (Å²) in [7, 11) is 0. The van der Waals surface area contributed by atoms with E-state index in [2.05, 4.69) is 16.4 Å². The molecule has 0 aliphatic heterocycles. The summed E-state index contributed by atoms with van der Waals surface area (Å²) < 4.78 is 0. The minimum atomic E-state index is 0.0506. The second-order valence-electron chi connectivity index (χ2n) is 4.20. The Hall–Kier alpha value is -2.22. The summed E-state index contributed by atoms with van der Waals surface area (Å²) in [6.07, 6.45) is 1.62.